The van der Waals surface area contributed by atoms with Gasteiger partial charge in [-0.05, 0) is 12.1 Å². The van der Waals surface area contributed by atoms with Crippen molar-refractivity contribution in [2.45, 2.75) is 6.23 Å². The molecular weight excluding hydrogens is 274 g/mol. The van der Waals surface area contributed by atoms with Gasteiger partial charge in [-0.2, -0.15) is 0 Å². The normalized spacial score (nSPS) is 11.8. The first kappa shape index (κ1) is 14.6. The minimum Gasteiger partial charge on any atom is -0.353 e. The number of carbonyl (C=O) groups excluding carboxylic acids is 1. The van der Waals surface area contributed by atoms with Crippen molar-refractivity contribution in [2.24, 2.45) is 0 Å². The van der Waals surface area contributed by atoms with E-state index in [9.17, 15) is 4.79 Å². The number of nitrogens with one attached hydrogen (secondary N) is 1. The molecule has 0 saturated heterocycles. The third-order valence-corrected chi connectivity index (χ3v) is 2.92. The number of amides is 1. The third-order valence-electron chi connectivity index (χ3n) is 2.76. The van der Waals surface area contributed by atoms with E-state index in [1.807, 2.05) is 48.5 Å². The Morgan fingerprint density at radius 3 is 2.25 bits per heavy atom. The van der Waals surface area contributed by atoms with E-state index in [2.05, 4.69) is 5.32 Å². The molecule has 1 atom stereocenters. The minimum absolute atomic E-state index is 0.172. The molecule has 2 aromatic rings. The Bertz CT molecular complexity index is 531. The minimum atomic E-state index is -0.498. The fraction of sp³-hybridized carbons (Fsp3) is 0.188. The van der Waals surface area contributed by atoms with Crippen molar-refractivity contribution in [3.05, 3.63) is 71.8 Å². The molecule has 104 valence electrons. The Hall–Kier alpha value is -1.84. The quantitative estimate of drug-likeness (QED) is 0.654. The maximum absolute atomic E-state index is 12.2. The lowest BCUT2D eigenvalue weighted by Gasteiger charge is -2.19. The molecule has 0 saturated carbocycles. The molecule has 0 heterocycles. The van der Waals surface area contributed by atoms with Crippen LogP contribution in [0.2, 0.25) is 0 Å². The van der Waals surface area contributed by atoms with E-state index in [0.29, 0.717) is 18.1 Å². The first-order chi connectivity index (χ1) is 9.81. The molecule has 0 bridgehead atoms. The molecule has 0 radical (unpaired) electrons. The zero-order valence-corrected chi connectivity index (χ0v) is 11.7. The van der Waals surface area contributed by atoms with E-state index >= 15 is 0 Å². The number of rotatable bonds is 6. The van der Waals surface area contributed by atoms with Crippen molar-refractivity contribution in [1.29, 1.82) is 0 Å². The summed E-state index contributed by atoms with van der Waals surface area (Å²) in [5.74, 6) is 0.207. The van der Waals surface area contributed by atoms with E-state index in [1.54, 1.807) is 12.1 Å². The van der Waals surface area contributed by atoms with Crippen LogP contribution in [0.4, 0.5) is 0 Å². The van der Waals surface area contributed by atoms with E-state index < -0.39 is 6.23 Å². The zero-order valence-electron chi connectivity index (χ0n) is 11.0. The van der Waals surface area contributed by atoms with Gasteiger partial charge < -0.3 is 10.1 Å². The molecule has 4 heteroatoms. The molecule has 0 fully saturated rings. The number of hydrogen-bond donors (Lipinski definition) is 1. The van der Waals surface area contributed by atoms with E-state index in [4.69, 9.17) is 16.3 Å². The first-order valence-corrected chi connectivity index (χ1v) is 6.93. The summed E-state index contributed by atoms with van der Waals surface area (Å²) in [7, 11) is 0. The molecule has 0 aromatic heterocycles. The van der Waals surface area contributed by atoms with E-state index in [1.165, 1.54) is 0 Å². The molecule has 1 N–H and O–H groups in total. The van der Waals surface area contributed by atoms with Crippen LogP contribution in [0.25, 0.3) is 0 Å². The second kappa shape index (κ2) is 7.68. The summed E-state index contributed by atoms with van der Waals surface area (Å²) in [6, 6.07) is 18.6. The van der Waals surface area contributed by atoms with E-state index in [0.717, 1.165) is 5.56 Å². The average Bonchev–Trinajstić information content (AvgIpc) is 2.53. The van der Waals surface area contributed by atoms with Crippen LogP contribution in [0.3, 0.4) is 0 Å². The Morgan fingerprint density at radius 2 is 1.65 bits per heavy atom. The molecule has 1 amide bonds. The number of halogens is 1. The van der Waals surface area contributed by atoms with Crippen LogP contribution in [-0.2, 0) is 4.74 Å². The Kier molecular flexibility index (Phi) is 5.59. The molecule has 3 nitrogen and oxygen atoms in total. The van der Waals surface area contributed by atoms with Crippen molar-refractivity contribution in [2.75, 3.05) is 12.5 Å². The fourth-order valence-electron chi connectivity index (χ4n) is 1.80. The highest BCUT2D eigenvalue weighted by molar-refractivity contribution is 6.17. The highest BCUT2D eigenvalue weighted by Crippen LogP contribution is 2.15. The Labute approximate surface area is 123 Å². The molecule has 20 heavy (non-hydrogen) atoms. The van der Waals surface area contributed by atoms with Gasteiger partial charge in [0.1, 0.15) is 0 Å². The van der Waals surface area contributed by atoms with Gasteiger partial charge in [0.15, 0.2) is 6.23 Å². The third kappa shape index (κ3) is 4.08. The summed E-state index contributed by atoms with van der Waals surface area (Å²) in [6.07, 6.45) is -0.498. The molecule has 0 aliphatic rings. The van der Waals surface area contributed by atoms with Gasteiger partial charge in [0.25, 0.3) is 5.91 Å². The second-order valence-corrected chi connectivity index (χ2v) is 4.57. The standard InChI is InChI=1S/C16H16ClNO2/c17-11-12-20-16(14-9-5-2-6-10-14)18-15(19)13-7-3-1-4-8-13/h1-10,16H,11-12H2,(H,18,19). The molecule has 2 rings (SSSR count). The molecule has 1 unspecified atom stereocenters. The van der Waals surface area contributed by atoms with Crippen LogP contribution in [0.1, 0.15) is 22.1 Å². The van der Waals surface area contributed by atoms with Crippen LogP contribution in [-0.4, -0.2) is 18.4 Å². The van der Waals surface area contributed by atoms with Gasteiger partial charge in [-0.25, -0.2) is 0 Å². The lowest BCUT2D eigenvalue weighted by Crippen LogP contribution is -2.30. The van der Waals surface area contributed by atoms with Crippen LogP contribution in [0.5, 0.6) is 0 Å². The summed E-state index contributed by atoms with van der Waals surface area (Å²) in [5, 5.41) is 2.86. The van der Waals surface area contributed by atoms with Gasteiger partial charge in [0, 0.05) is 17.0 Å². The molecular formula is C16H16ClNO2. The van der Waals surface area contributed by atoms with Gasteiger partial charge in [-0.15, -0.1) is 11.6 Å². The maximum atomic E-state index is 12.2. The van der Waals surface area contributed by atoms with Gasteiger partial charge in [0.05, 0.1) is 6.61 Å². The van der Waals surface area contributed by atoms with E-state index in [-0.39, 0.29) is 5.91 Å². The lowest BCUT2D eigenvalue weighted by molar-refractivity contribution is 0.0346. The monoisotopic (exact) mass is 289 g/mol. The average molecular weight is 290 g/mol. The molecule has 0 spiro atoms. The van der Waals surface area contributed by atoms with Gasteiger partial charge in [-0.3, -0.25) is 4.79 Å². The Balaban J connectivity index is 2.10. The fourth-order valence-corrected chi connectivity index (χ4v) is 1.89. The number of carbonyl (C=O) groups is 1. The van der Waals surface area contributed by atoms with Crippen molar-refractivity contribution in [3.63, 3.8) is 0 Å². The number of ether oxygens (including phenoxy) is 1. The smallest absolute Gasteiger partial charge is 0.253 e. The van der Waals surface area contributed by atoms with Gasteiger partial charge >= 0.3 is 0 Å². The predicted octanol–water partition coefficient (Wildman–Crippen LogP) is 3.37. The van der Waals surface area contributed by atoms with Crippen LogP contribution < -0.4 is 5.32 Å². The van der Waals surface area contributed by atoms with Crippen LogP contribution in [0.15, 0.2) is 60.7 Å². The topological polar surface area (TPSA) is 38.3 Å². The van der Waals surface area contributed by atoms with Crippen molar-refractivity contribution in [1.82, 2.24) is 5.32 Å². The highest BCUT2D eigenvalue weighted by atomic mass is 35.5. The zero-order chi connectivity index (χ0) is 14.2. The second-order valence-electron chi connectivity index (χ2n) is 4.19. The maximum Gasteiger partial charge on any atom is 0.253 e. The van der Waals surface area contributed by atoms with Crippen molar-refractivity contribution < 1.29 is 9.53 Å². The van der Waals surface area contributed by atoms with Crippen molar-refractivity contribution >= 4 is 17.5 Å². The summed E-state index contributed by atoms with van der Waals surface area (Å²) in [5.41, 5.74) is 1.49. The number of hydrogen-bond acceptors (Lipinski definition) is 2. The highest BCUT2D eigenvalue weighted by Gasteiger charge is 2.15. The first-order valence-electron chi connectivity index (χ1n) is 6.39. The van der Waals surface area contributed by atoms with Gasteiger partial charge in [0.2, 0.25) is 0 Å². The summed E-state index contributed by atoms with van der Waals surface area (Å²) in [6.45, 7) is 0.371. The molecule has 0 aliphatic carbocycles. The molecule has 0 aliphatic heterocycles. The van der Waals surface area contributed by atoms with Gasteiger partial charge in [-0.1, -0.05) is 48.5 Å². The predicted molar refractivity (Wildman–Crippen MR) is 79.8 cm³/mol. The summed E-state index contributed by atoms with van der Waals surface area (Å²) >= 11 is 5.65. The SMILES string of the molecule is O=C(NC(OCCCl)c1ccccc1)c1ccccc1. The largest absolute Gasteiger partial charge is 0.353 e. The Morgan fingerprint density at radius 1 is 1.05 bits per heavy atom. The molecule has 2 aromatic carbocycles. The number of alkyl halides is 1. The van der Waals surface area contributed by atoms with Crippen molar-refractivity contribution in [3.8, 4) is 0 Å². The van der Waals surface area contributed by atoms with Crippen LogP contribution >= 0.6 is 11.6 Å². The number of benzene rings is 2. The summed E-state index contributed by atoms with van der Waals surface area (Å²) < 4.78 is 5.61. The summed E-state index contributed by atoms with van der Waals surface area (Å²) in [4.78, 5) is 12.2. The van der Waals surface area contributed by atoms with Crippen LogP contribution in [0, 0.1) is 0 Å². The lowest BCUT2D eigenvalue weighted by atomic mass is 10.1.